The number of hydrogen-bond donors (Lipinski definition) is 1. The Kier molecular flexibility index (Phi) is 4.92. The molecule has 1 heterocycles. The fourth-order valence-corrected chi connectivity index (χ4v) is 2.96. The molecular formula is C18H19N3O5. The number of fused-ring (bicyclic) bond motifs is 1. The number of methoxy groups -OCH3 is 1. The minimum Gasteiger partial charge on any atom is -0.496 e. The first-order chi connectivity index (χ1) is 12.5. The number of likely N-dealkylation sites (N-methyl/N-ethyl adjacent to an activating group) is 1. The maximum Gasteiger partial charge on any atom is 0.270 e. The Bertz CT molecular complexity index is 839. The summed E-state index contributed by atoms with van der Waals surface area (Å²) in [4.78, 5) is 24.7. The fourth-order valence-electron chi connectivity index (χ4n) is 2.96. The largest absolute Gasteiger partial charge is 0.496 e. The molecule has 2 aromatic carbocycles. The van der Waals surface area contributed by atoms with E-state index in [4.69, 9.17) is 9.47 Å². The first-order valence-corrected chi connectivity index (χ1v) is 8.07. The van der Waals surface area contributed by atoms with Gasteiger partial charge in [-0.3, -0.25) is 14.9 Å². The van der Waals surface area contributed by atoms with Crippen molar-refractivity contribution in [1.29, 1.82) is 0 Å². The van der Waals surface area contributed by atoms with Crippen LogP contribution in [-0.2, 0) is 11.3 Å². The van der Waals surface area contributed by atoms with E-state index >= 15 is 0 Å². The summed E-state index contributed by atoms with van der Waals surface area (Å²) < 4.78 is 11.1. The van der Waals surface area contributed by atoms with Crippen molar-refractivity contribution in [3.8, 4) is 11.5 Å². The average molecular weight is 357 g/mol. The van der Waals surface area contributed by atoms with Crippen molar-refractivity contribution in [2.75, 3.05) is 25.6 Å². The predicted octanol–water partition coefficient (Wildman–Crippen LogP) is 2.12. The third-order valence-corrected chi connectivity index (χ3v) is 4.24. The number of nitrogens with one attached hydrogen (secondary N) is 1. The standard InChI is InChI=1S/C18H19N3O5/c1-19-18(22)17-11-20(14-5-3-4-6-16(14)26-17)10-12-9-13(21(23)24)7-8-15(12)25-2/h3-9,17H,10-11H2,1-2H3,(H,19,22). The molecule has 3 rings (SSSR count). The van der Waals surface area contributed by atoms with Gasteiger partial charge in [-0.1, -0.05) is 12.1 Å². The number of carbonyl (C=O) groups is 1. The Labute approximate surface area is 150 Å². The number of anilines is 1. The molecule has 1 aliphatic heterocycles. The smallest absolute Gasteiger partial charge is 0.270 e. The zero-order valence-electron chi connectivity index (χ0n) is 14.5. The summed E-state index contributed by atoms with van der Waals surface area (Å²) in [6, 6.07) is 11.9. The van der Waals surface area contributed by atoms with Crippen LogP contribution in [0.3, 0.4) is 0 Å². The minimum absolute atomic E-state index is 0.00908. The molecule has 0 saturated carbocycles. The highest BCUT2D eigenvalue weighted by atomic mass is 16.6. The summed E-state index contributed by atoms with van der Waals surface area (Å²) in [6.45, 7) is 0.668. The number of amides is 1. The highest BCUT2D eigenvalue weighted by molar-refractivity contribution is 5.83. The van der Waals surface area contributed by atoms with Gasteiger partial charge in [0.25, 0.3) is 11.6 Å². The highest BCUT2D eigenvalue weighted by Crippen LogP contribution is 2.35. The first-order valence-electron chi connectivity index (χ1n) is 8.07. The molecule has 0 bridgehead atoms. The van der Waals surface area contributed by atoms with E-state index in [1.54, 1.807) is 19.2 Å². The zero-order chi connectivity index (χ0) is 18.7. The SMILES string of the molecule is CNC(=O)C1CN(Cc2cc([N+](=O)[O-])ccc2OC)c2ccccc2O1. The quantitative estimate of drug-likeness (QED) is 0.651. The Morgan fingerprint density at radius 1 is 1.38 bits per heavy atom. The number of nitro benzene ring substituents is 1. The molecule has 136 valence electrons. The van der Waals surface area contributed by atoms with Crippen molar-refractivity contribution in [2.45, 2.75) is 12.6 Å². The van der Waals surface area contributed by atoms with Gasteiger partial charge in [-0.25, -0.2) is 0 Å². The highest BCUT2D eigenvalue weighted by Gasteiger charge is 2.30. The maximum atomic E-state index is 12.1. The summed E-state index contributed by atoms with van der Waals surface area (Å²) in [5.41, 5.74) is 1.47. The Balaban J connectivity index is 1.96. The van der Waals surface area contributed by atoms with Crippen LogP contribution in [0.5, 0.6) is 11.5 Å². The van der Waals surface area contributed by atoms with Gasteiger partial charge in [-0.05, 0) is 18.2 Å². The van der Waals surface area contributed by atoms with Crippen LogP contribution < -0.4 is 19.7 Å². The average Bonchev–Trinajstić information content (AvgIpc) is 2.67. The summed E-state index contributed by atoms with van der Waals surface area (Å²) in [5.74, 6) is 0.920. The third-order valence-electron chi connectivity index (χ3n) is 4.24. The summed E-state index contributed by atoms with van der Waals surface area (Å²) in [6.07, 6.45) is -0.667. The number of para-hydroxylation sites is 2. The lowest BCUT2D eigenvalue weighted by Crippen LogP contribution is -2.47. The molecule has 0 aromatic heterocycles. The zero-order valence-corrected chi connectivity index (χ0v) is 14.5. The molecule has 1 atom stereocenters. The lowest BCUT2D eigenvalue weighted by atomic mass is 10.1. The molecule has 1 aliphatic rings. The molecule has 0 spiro atoms. The van der Waals surface area contributed by atoms with Crippen LogP contribution in [0, 0.1) is 10.1 Å². The van der Waals surface area contributed by atoms with E-state index in [1.165, 1.54) is 19.2 Å². The fraction of sp³-hybridized carbons (Fsp3) is 0.278. The minimum atomic E-state index is -0.667. The number of hydrogen-bond acceptors (Lipinski definition) is 6. The molecule has 8 nitrogen and oxygen atoms in total. The number of nitro groups is 1. The molecule has 1 unspecified atom stereocenters. The van der Waals surface area contributed by atoms with E-state index in [0.29, 0.717) is 30.2 Å². The van der Waals surface area contributed by atoms with Crippen LogP contribution in [0.15, 0.2) is 42.5 Å². The van der Waals surface area contributed by atoms with Crippen LogP contribution in [0.1, 0.15) is 5.56 Å². The second-order valence-corrected chi connectivity index (χ2v) is 5.82. The van der Waals surface area contributed by atoms with Crippen molar-refractivity contribution in [2.24, 2.45) is 0 Å². The van der Waals surface area contributed by atoms with Gasteiger partial charge < -0.3 is 19.7 Å². The van der Waals surface area contributed by atoms with Crippen LogP contribution in [0.25, 0.3) is 0 Å². The third kappa shape index (κ3) is 3.39. The van der Waals surface area contributed by atoms with E-state index in [-0.39, 0.29) is 11.6 Å². The van der Waals surface area contributed by atoms with Gasteiger partial charge in [0.2, 0.25) is 0 Å². The number of ether oxygens (including phenoxy) is 2. The molecule has 1 N–H and O–H groups in total. The van der Waals surface area contributed by atoms with Crippen molar-refractivity contribution < 1.29 is 19.2 Å². The molecule has 26 heavy (non-hydrogen) atoms. The van der Waals surface area contributed by atoms with Crippen LogP contribution in [0.2, 0.25) is 0 Å². The van der Waals surface area contributed by atoms with Gasteiger partial charge in [0.15, 0.2) is 6.10 Å². The normalized spacial score (nSPS) is 15.6. The van der Waals surface area contributed by atoms with Crippen LogP contribution >= 0.6 is 0 Å². The Morgan fingerprint density at radius 2 is 2.15 bits per heavy atom. The molecule has 0 radical (unpaired) electrons. The van der Waals surface area contributed by atoms with Crippen LogP contribution in [0.4, 0.5) is 11.4 Å². The molecule has 0 saturated heterocycles. The van der Waals surface area contributed by atoms with E-state index in [1.807, 2.05) is 23.1 Å². The number of nitrogens with zero attached hydrogens (tertiary/aromatic N) is 2. The summed E-state index contributed by atoms with van der Waals surface area (Å²) >= 11 is 0. The summed E-state index contributed by atoms with van der Waals surface area (Å²) in [7, 11) is 3.07. The van der Waals surface area contributed by atoms with E-state index in [0.717, 1.165) is 5.69 Å². The van der Waals surface area contributed by atoms with Gasteiger partial charge in [0, 0.05) is 31.3 Å². The molecule has 8 heteroatoms. The molecule has 0 aliphatic carbocycles. The van der Waals surface area contributed by atoms with Gasteiger partial charge >= 0.3 is 0 Å². The van der Waals surface area contributed by atoms with Gasteiger partial charge in [0.1, 0.15) is 11.5 Å². The number of rotatable bonds is 5. The maximum absolute atomic E-state index is 12.1. The molecule has 0 fully saturated rings. The molecule has 1 amide bonds. The van der Waals surface area contributed by atoms with Gasteiger partial charge in [-0.2, -0.15) is 0 Å². The number of benzene rings is 2. The first kappa shape index (κ1) is 17.5. The van der Waals surface area contributed by atoms with Crippen LogP contribution in [-0.4, -0.2) is 37.6 Å². The second-order valence-electron chi connectivity index (χ2n) is 5.82. The number of carbonyl (C=O) groups excluding carboxylic acids is 1. The second kappa shape index (κ2) is 7.30. The van der Waals surface area contributed by atoms with Crippen molar-refractivity contribution in [3.05, 3.63) is 58.1 Å². The molecule has 2 aromatic rings. The van der Waals surface area contributed by atoms with E-state index < -0.39 is 11.0 Å². The van der Waals surface area contributed by atoms with Crippen molar-refractivity contribution in [1.82, 2.24) is 5.32 Å². The number of non-ortho nitro benzene ring substituents is 1. The lowest BCUT2D eigenvalue weighted by molar-refractivity contribution is -0.384. The molecular weight excluding hydrogens is 338 g/mol. The Morgan fingerprint density at radius 3 is 2.85 bits per heavy atom. The topological polar surface area (TPSA) is 93.9 Å². The van der Waals surface area contributed by atoms with E-state index in [2.05, 4.69) is 5.32 Å². The van der Waals surface area contributed by atoms with Gasteiger partial charge in [0.05, 0.1) is 24.3 Å². The predicted molar refractivity (Wildman–Crippen MR) is 95.6 cm³/mol. The van der Waals surface area contributed by atoms with Crippen molar-refractivity contribution >= 4 is 17.3 Å². The lowest BCUT2D eigenvalue weighted by Gasteiger charge is -2.35. The monoisotopic (exact) mass is 357 g/mol. The Hall–Kier alpha value is -3.29. The van der Waals surface area contributed by atoms with E-state index in [9.17, 15) is 14.9 Å². The van der Waals surface area contributed by atoms with Gasteiger partial charge in [-0.15, -0.1) is 0 Å². The van der Waals surface area contributed by atoms with Crippen molar-refractivity contribution in [3.63, 3.8) is 0 Å². The summed E-state index contributed by atoms with van der Waals surface area (Å²) in [5, 5.41) is 13.7.